The largest absolute Gasteiger partial charge is 0.497 e. The van der Waals surface area contributed by atoms with E-state index in [9.17, 15) is 0 Å². The molecule has 1 saturated heterocycles. The lowest BCUT2D eigenvalue weighted by Crippen LogP contribution is -2.23. The number of rotatable bonds is 5. The third kappa shape index (κ3) is 3.72. The summed E-state index contributed by atoms with van der Waals surface area (Å²) in [5.74, 6) is 1.71. The summed E-state index contributed by atoms with van der Waals surface area (Å²) < 4.78 is 5.17. The van der Waals surface area contributed by atoms with Crippen LogP contribution in [-0.4, -0.2) is 31.1 Å². The van der Waals surface area contributed by atoms with Gasteiger partial charge in [-0.05, 0) is 49.9 Å². The van der Waals surface area contributed by atoms with Crippen LogP contribution in [0.2, 0.25) is 0 Å². The molecule has 2 rings (SSSR count). The summed E-state index contributed by atoms with van der Waals surface area (Å²) in [6, 6.07) is 8.70. The number of benzene rings is 1. The second kappa shape index (κ2) is 6.21. The second-order valence-corrected chi connectivity index (χ2v) is 5.45. The summed E-state index contributed by atoms with van der Waals surface area (Å²) in [4.78, 5) is 2.52. The summed E-state index contributed by atoms with van der Waals surface area (Å²) in [6.45, 7) is 5.53. The van der Waals surface area contributed by atoms with E-state index in [0.717, 1.165) is 24.6 Å². The SMILES string of the molecule is COc1ccc(CN2CCC(CC(C)N)C2)cc1. The van der Waals surface area contributed by atoms with Crippen LogP contribution in [0, 0.1) is 5.92 Å². The number of likely N-dealkylation sites (tertiary alicyclic amines) is 1. The Hall–Kier alpha value is -1.06. The third-order valence-electron chi connectivity index (χ3n) is 3.64. The molecule has 0 aliphatic carbocycles. The van der Waals surface area contributed by atoms with Gasteiger partial charge in [0.25, 0.3) is 0 Å². The normalized spacial score (nSPS) is 22.1. The molecule has 0 bridgehead atoms. The molecular formula is C15H24N2O. The average molecular weight is 248 g/mol. The Kier molecular flexibility index (Phi) is 4.61. The van der Waals surface area contributed by atoms with Gasteiger partial charge in [-0.25, -0.2) is 0 Å². The van der Waals surface area contributed by atoms with Crippen LogP contribution in [0.25, 0.3) is 0 Å². The van der Waals surface area contributed by atoms with Crippen molar-refractivity contribution in [1.82, 2.24) is 4.90 Å². The van der Waals surface area contributed by atoms with Crippen LogP contribution in [0.5, 0.6) is 5.75 Å². The van der Waals surface area contributed by atoms with Gasteiger partial charge in [0.2, 0.25) is 0 Å². The molecule has 0 amide bonds. The molecular weight excluding hydrogens is 224 g/mol. The van der Waals surface area contributed by atoms with Gasteiger partial charge in [-0.15, -0.1) is 0 Å². The summed E-state index contributed by atoms with van der Waals surface area (Å²) in [5.41, 5.74) is 7.23. The number of hydrogen-bond acceptors (Lipinski definition) is 3. The molecule has 1 fully saturated rings. The zero-order chi connectivity index (χ0) is 13.0. The van der Waals surface area contributed by atoms with Crippen molar-refractivity contribution in [2.45, 2.75) is 32.4 Å². The smallest absolute Gasteiger partial charge is 0.118 e. The fraction of sp³-hybridized carbons (Fsp3) is 0.600. The molecule has 0 radical (unpaired) electrons. The number of nitrogens with zero attached hydrogens (tertiary/aromatic N) is 1. The first kappa shape index (κ1) is 13.4. The summed E-state index contributed by atoms with van der Waals surface area (Å²) in [6.07, 6.45) is 2.44. The van der Waals surface area contributed by atoms with Crippen LogP contribution in [0.4, 0.5) is 0 Å². The van der Waals surface area contributed by atoms with Crippen LogP contribution >= 0.6 is 0 Å². The lowest BCUT2D eigenvalue weighted by molar-refractivity contribution is 0.310. The zero-order valence-corrected chi connectivity index (χ0v) is 11.4. The van der Waals surface area contributed by atoms with Gasteiger partial charge in [-0.3, -0.25) is 4.90 Å². The summed E-state index contributed by atoms with van der Waals surface area (Å²) >= 11 is 0. The molecule has 2 N–H and O–H groups in total. The van der Waals surface area contributed by atoms with Crippen LogP contribution in [0.1, 0.15) is 25.3 Å². The Morgan fingerprint density at radius 1 is 1.39 bits per heavy atom. The van der Waals surface area contributed by atoms with E-state index in [1.165, 1.54) is 25.1 Å². The van der Waals surface area contributed by atoms with Crippen molar-refractivity contribution in [3.63, 3.8) is 0 Å². The van der Waals surface area contributed by atoms with E-state index < -0.39 is 0 Å². The molecule has 3 heteroatoms. The fourth-order valence-electron chi connectivity index (χ4n) is 2.76. The molecule has 0 spiro atoms. The molecule has 1 aliphatic rings. The Bertz CT molecular complexity index is 361. The minimum absolute atomic E-state index is 0.330. The maximum Gasteiger partial charge on any atom is 0.118 e. The monoisotopic (exact) mass is 248 g/mol. The summed E-state index contributed by atoms with van der Waals surface area (Å²) in [5, 5.41) is 0. The van der Waals surface area contributed by atoms with Gasteiger partial charge in [0.05, 0.1) is 7.11 Å². The zero-order valence-electron chi connectivity index (χ0n) is 11.4. The molecule has 1 aromatic carbocycles. The Balaban J connectivity index is 1.83. The first-order chi connectivity index (χ1) is 8.67. The predicted octanol–water partition coefficient (Wildman–Crippen LogP) is 2.25. The lowest BCUT2D eigenvalue weighted by Gasteiger charge is -2.17. The first-order valence-corrected chi connectivity index (χ1v) is 6.78. The molecule has 0 aromatic heterocycles. The van der Waals surface area contributed by atoms with Gasteiger partial charge in [-0.1, -0.05) is 12.1 Å². The quantitative estimate of drug-likeness (QED) is 0.868. The molecule has 2 unspecified atom stereocenters. The van der Waals surface area contributed by atoms with Crippen molar-refractivity contribution in [2.24, 2.45) is 11.7 Å². The van der Waals surface area contributed by atoms with Crippen molar-refractivity contribution in [1.29, 1.82) is 0 Å². The second-order valence-electron chi connectivity index (χ2n) is 5.45. The average Bonchev–Trinajstić information content (AvgIpc) is 2.76. The van der Waals surface area contributed by atoms with E-state index in [0.29, 0.717) is 6.04 Å². The van der Waals surface area contributed by atoms with Crippen molar-refractivity contribution >= 4 is 0 Å². The van der Waals surface area contributed by atoms with Gasteiger partial charge in [0.1, 0.15) is 5.75 Å². The fourth-order valence-corrected chi connectivity index (χ4v) is 2.76. The molecule has 1 aliphatic heterocycles. The van der Waals surface area contributed by atoms with Crippen LogP contribution in [0.3, 0.4) is 0 Å². The first-order valence-electron chi connectivity index (χ1n) is 6.78. The maximum atomic E-state index is 5.87. The highest BCUT2D eigenvalue weighted by atomic mass is 16.5. The van der Waals surface area contributed by atoms with Gasteiger partial charge in [0.15, 0.2) is 0 Å². The molecule has 2 atom stereocenters. The lowest BCUT2D eigenvalue weighted by atomic mass is 10.0. The molecule has 1 heterocycles. The van der Waals surface area contributed by atoms with Crippen molar-refractivity contribution in [2.75, 3.05) is 20.2 Å². The number of methoxy groups -OCH3 is 1. The topological polar surface area (TPSA) is 38.5 Å². The number of nitrogens with two attached hydrogens (primary N) is 1. The van der Waals surface area contributed by atoms with E-state index in [1.807, 2.05) is 12.1 Å². The van der Waals surface area contributed by atoms with Crippen molar-refractivity contribution in [3.8, 4) is 5.75 Å². The van der Waals surface area contributed by atoms with Crippen LogP contribution in [0.15, 0.2) is 24.3 Å². The molecule has 18 heavy (non-hydrogen) atoms. The minimum Gasteiger partial charge on any atom is -0.497 e. The highest BCUT2D eigenvalue weighted by molar-refractivity contribution is 5.27. The van der Waals surface area contributed by atoms with E-state index in [2.05, 4.69) is 24.0 Å². The molecule has 100 valence electrons. The maximum absolute atomic E-state index is 5.87. The third-order valence-corrected chi connectivity index (χ3v) is 3.64. The van der Waals surface area contributed by atoms with E-state index in [1.54, 1.807) is 7.11 Å². The number of hydrogen-bond donors (Lipinski definition) is 1. The highest BCUT2D eigenvalue weighted by Crippen LogP contribution is 2.22. The van der Waals surface area contributed by atoms with Crippen LogP contribution < -0.4 is 10.5 Å². The highest BCUT2D eigenvalue weighted by Gasteiger charge is 2.22. The molecule has 0 saturated carbocycles. The van der Waals surface area contributed by atoms with Gasteiger partial charge in [-0.2, -0.15) is 0 Å². The molecule has 1 aromatic rings. The van der Waals surface area contributed by atoms with Gasteiger partial charge in [0, 0.05) is 19.1 Å². The van der Waals surface area contributed by atoms with E-state index in [-0.39, 0.29) is 0 Å². The van der Waals surface area contributed by atoms with Gasteiger partial charge >= 0.3 is 0 Å². The van der Waals surface area contributed by atoms with E-state index in [4.69, 9.17) is 10.5 Å². The summed E-state index contributed by atoms with van der Waals surface area (Å²) in [7, 11) is 1.70. The Morgan fingerprint density at radius 3 is 2.72 bits per heavy atom. The minimum atomic E-state index is 0.330. The predicted molar refractivity (Wildman–Crippen MR) is 74.6 cm³/mol. The van der Waals surface area contributed by atoms with E-state index >= 15 is 0 Å². The number of ether oxygens (including phenoxy) is 1. The Labute approximate surface area is 110 Å². The van der Waals surface area contributed by atoms with Crippen LogP contribution in [-0.2, 0) is 6.54 Å². The van der Waals surface area contributed by atoms with Crippen molar-refractivity contribution in [3.05, 3.63) is 29.8 Å². The molecule has 3 nitrogen and oxygen atoms in total. The van der Waals surface area contributed by atoms with Gasteiger partial charge < -0.3 is 10.5 Å². The standard InChI is InChI=1S/C15H24N2O/c1-12(16)9-14-7-8-17(11-14)10-13-3-5-15(18-2)6-4-13/h3-6,12,14H,7-11,16H2,1-2H3. The van der Waals surface area contributed by atoms with Crippen molar-refractivity contribution < 1.29 is 4.74 Å². The Morgan fingerprint density at radius 2 is 2.11 bits per heavy atom.